The molecule has 1 aromatic carbocycles. The number of benzene rings is 1. The van der Waals surface area contributed by atoms with Crippen molar-refractivity contribution in [2.24, 2.45) is 23.2 Å². The summed E-state index contributed by atoms with van der Waals surface area (Å²) >= 11 is 0. The van der Waals surface area contributed by atoms with Crippen LogP contribution in [0.25, 0.3) is 0 Å². The topological polar surface area (TPSA) is 76.7 Å². The standard InChI is InChI=1S/C22H30N2O4/c1-3-28-19-9-17(4-5-18(19)27-2)21(26)24-23-20(25)13-22-10-14-6-15(11-22)8-16(7-14)12-22/h4-5,9,14-16H,3,6-8,10-13H2,1-2H3,(H,23,25)(H,24,26). The predicted molar refractivity (Wildman–Crippen MR) is 105 cm³/mol. The maximum atomic E-state index is 12.6. The molecule has 4 fully saturated rings. The quantitative estimate of drug-likeness (QED) is 0.734. The minimum atomic E-state index is -0.359. The molecule has 0 atom stereocenters. The number of methoxy groups -OCH3 is 1. The van der Waals surface area contributed by atoms with Gasteiger partial charge < -0.3 is 9.47 Å². The van der Waals surface area contributed by atoms with Crippen LogP contribution in [-0.4, -0.2) is 25.5 Å². The van der Waals surface area contributed by atoms with Gasteiger partial charge in [0.2, 0.25) is 5.91 Å². The summed E-state index contributed by atoms with van der Waals surface area (Å²) in [6, 6.07) is 4.97. The lowest BCUT2D eigenvalue weighted by atomic mass is 9.49. The molecule has 5 rings (SSSR count). The molecule has 2 N–H and O–H groups in total. The molecule has 1 aromatic rings. The number of carbonyl (C=O) groups excluding carboxylic acids is 2. The van der Waals surface area contributed by atoms with Crippen molar-refractivity contribution in [1.82, 2.24) is 10.9 Å². The van der Waals surface area contributed by atoms with Crippen molar-refractivity contribution in [3.63, 3.8) is 0 Å². The Hall–Kier alpha value is -2.24. The summed E-state index contributed by atoms with van der Waals surface area (Å²) in [5.74, 6) is 3.07. The smallest absolute Gasteiger partial charge is 0.269 e. The van der Waals surface area contributed by atoms with Gasteiger partial charge in [-0.15, -0.1) is 0 Å². The average molecular weight is 386 g/mol. The molecule has 6 nitrogen and oxygen atoms in total. The molecular weight excluding hydrogens is 356 g/mol. The van der Waals surface area contributed by atoms with E-state index in [4.69, 9.17) is 9.47 Å². The minimum absolute atomic E-state index is 0.0890. The van der Waals surface area contributed by atoms with E-state index in [0.717, 1.165) is 17.8 Å². The molecule has 0 saturated heterocycles. The molecule has 4 aliphatic carbocycles. The van der Waals surface area contributed by atoms with E-state index in [1.807, 2.05) is 6.92 Å². The van der Waals surface area contributed by atoms with Crippen molar-refractivity contribution in [3.05, 3.63) is 23.8 Å². The maximum absolute atomic E-state index is 12.6. The summed E-state index contributed by atoms with van der Waals surface area (Å²) in [6.07, 6.45) is 8.12. The molecule has 0 heterocycles. The Kier molecular flexibility index (Phi) is 5.21. The molecule has 0 radical (unpaired) electrons. The van der Waals surface area contributed by atoms with Gasteiger partial charge in [-0.1, -0.05) is 0 Å². The van der Waals surface area contributed by atoms with E-state index >= 15 is 0 Å². The SMILES string of the molecule is CCOc1cc(C(=O)NNC(=O)CC23CC4CC(CC(C4)C2)C3)ccc1OC. The van der Waals surface area contributed by atoms with Gasteiger partial charge in [0, 0.05) is 12.0 Å². The number of hydrogen-bond acceptors (Lipinski definition) is 4. The number of rotatable bonds is 6. The van der Waals surface area contributed by atoms with Crippen LogP contribution in [0.15, 0.2) is 18.2 Å². The number of nitrogens with one attached hydrogen (secondary N) is 2. The zero-order valence-electron chi connectivity index (χ0n) is 16.8. The zero-order chi connectivity index (χ0) is 19.7. The van der Waals surface area contributed by atoms with E-state index < -0.39 is 0 Å². The molecule has 4 bridgehead atoms. The zero-order valence-corrected chi connectivity index (χ0v) is 16.8. The largest absolute Gasteiger partial charge is 0.493 e. The highest BCUT2D eigenvalue weighted by Crippen LogP contribution is 2.61. The van der Waals surface area contributed by atoms with Crippen LogP contribution in [0, 0.1) is 23.2 Å². The fraction of sp³-hybridized carbons (Fsp3) is 0.636. The number of amides is 2. The van der Waals surface area contributed by atoms with E-state index in [0.29, 0.717) is 30.1 Å². The van der Waals surface area contributed by atoms with Crippen molar-refractivity contribution in [3.8, 4) is 11.5 Å². The molecule has 2 amide bonds. The first-order chi connectivity index (χ1) is 13.5. The first-order valence-corrected chi connectivity index (χ1v) is 10.4. The van der Waals surface area contributed by atoms with Crippen molar-refractivity contribution in [2.45, 2.75) is 51.9 Å². The summed E-state index contributed by atoms with van der Waals surface area (Å²) in [5, 5.41) is 0. The first kappa shape index (κ1) is 19.1. The third-order valence-corrected chi connectivity index (χ3v) is 6.74. The molecule has 0 unspecified atom stereocenters. The van der Waals surface area contributed by atoms with E-state index in [2.05, 4.69) is 10.9 Å². The van der Waals surface area contributed by atoms with Crippen LogP contribution in [0.5, 0.6) is 11.5 Å². The van der Waals surface area contributed by atoms with Crippen LogP contribution >= 0.6 is 0 Å². The highest BCUT2D eigenvalue weighted by molar-refractivity contribution is 5.96. The molecule has 0 spiro atoms. The second-order valence-electron chi connectivity index (χ2n) is 8.90. The summed E-state index contributed by atoms with van der Waals surface area (Å²) < 4.78 is 10.7. The van der Waals surface area contributed by atoms with Crippen LogP contribution < -0.4 is 20.3 Å². The fourth-order valence-corrected chi connectivity index (χ4v) is 6.18. The lowest BCUT2D eigenvalue weighted by Crippen LogP contribution is -2.50. The van der Waals surface area contributed by atoms with Gasteiger partial charge in [-0.25, -0.2) is 0 Å². The number of carbonyl (C=O) groups is 2. The van der Waals surface area contributed by atoms with E-state index in [1.54, 1.807) is 25.3 Å². The second-order valence-corrected chi connectivity index (χ2v) is 8.90. The van der Waals surface area contributed by atoms with Crippen LogP contribution in [0.1, 0.15) is 62.2 Å². The first-order valence-electron chi connectivity index (χ1n) is 10.4. The van der Waals surface area contributed by atoms with Gasteiger partial charge in [0.15, 0.2) is 11.5 Å². The number of ether oxygens (including phenoxy) is 2. The Labute approximate surface area is 166 Å². The predicted octanol–water partition coefficient (Wildman–Crippen LogP) is 3.46. The summed E-state index contributed by atoms with van der Waals surface area (Å²) in [4.78, 5) is 25.0. The summed E-state index contributed by atoms with van der Waals surface area (Å²) in [7, 11) is 1.56. The Morgan fingerprint density at radius 3 is 2.25 bits per heavy atom. The van der Waals surface area contributed by atoms with E-state index in [-0.39, 0.29) is 17.2 Å². The molecule has 0 aliphatic heterocycles. The Morgan fingerprint density at radius 2 is 1.68 bits per heavy atom. The molecule has 0 aromatic heterocycles. The normalized spacial score (nSPS) is 30.0. The Morgan fingerprint density at radius 1 is 1.04 bits per heavy atom. The second kappa shape index (κ2) is 7.64. The summed E-state index contributed by atoms with van der Waals surface area (Å²) in [5.41, 5.74) is 5.75. The van der Waals surface area contributed by atoms with Crippen LogP contribution in [-0.2, 0) is 4.79 Å². The van der Waals surface area contributed by atoms with Gasteiger partial charge >= 0.3 is 0 Å². The van der Waals surface area contributed by atoms with Gasteiger partial charge in [-0.05, 0) is 86.8 Å². The van der Waals surface area contributed by atoms with Gasteiger partial charge in [-0.2, -0.15) is 0 Å². The molecule has 28 heavy (non-hydrogen) atoms. The molecule has 4 aliphatic rings. The van der Waals surface area contributed by atoms with Crippen molar-refractivity contribution < 1.29 is 19.1 Å². The van der Waals surface area contributed by atoms with Gasteiger partial charge in [0.25, 0.3) is 5.91 Å². The molecule has 6 heteroatoms. The van der Waals surface area contributed by atoms with Crippen LogP contribution in [0.3, 0.4) is 0 Å². The molecular formula is C22H30N2O4. The number of hydrogen-bond donors (Lipinski definition) is 2. The van der Waals surface area contributed by atoms with Gasteiger partial charge in [-0.3, -0.25) is 20.4 Å². The van der Waals surface area contributed by atoms with Crippen molar-refractivity contribution in [2.75, 3.05) is 13.7 Å². The average Bonchev–Trinajstić information content (AvgIpc) is 2.65. The monoisotopic (exact) mass is 386 g/mol. The van der Waals surface area contributed by atoms with E-state index in [9.17, 15) is 9.59 Å². The number of hydrazine groups is 1. The lowest BCUT2D eigenvalue weighted by Gasteiger charge is -2.56. The van der Waals surface area contributed by atoms with E-state index in [1.165, 1.54) is 38.5 Å². The van der Waals surface area contributed by atoms with Crippen molar-refractivity contribution >= 4 is 11.8 Å². The molecule has 4 saturated carbocycles. The molecule has 152 valence electrons. The lowest BCUT2D eigenvalue weighted by molar-refractivity contribution is -0.130. The van der Waals surface area contributed by atoms with Crippen LogP contribution in [0.4, 0.5) is 0 Å². The van der Waals surface area contributed by atoms with Crippen molar-refractivity contribution in [1.29, 1.82) is 0 Å². The van der Waals surface area contributed by atoms with Crippen LogP contribution in [0.2, 0.25) is 0 Å². The fourth-order valence-electron chi connectivity index (χ4n) is 6.18. The van der Waals surface area contributed by atoms with Gasteiger partial charge in [0.05, 0.1) is 13.7 Å². The summed E-state index contributed by atoms with van der Waals surface area (Å²) in [6.45, 7) is 2.35. The highest BCUT2D eigenvalue weighted by Gasteiger charge is 2.51. The minimum Gasteiger partial charge on any atom is -0.493 e. The highest BCUT2D eigenvalue weighted by atomic mass is 16.5. The Balaban J connectivity index is 1.34. The Bertz CT molecular complexity index is 726. The van der Waals surface area contributed by atoms with Gasteiger partial charge in [0.1, 0.15) is 0 Å². The maximum Gasteiger partial charge on any atom is 0.269 e. The third-order valence-electron chi connectivity index (χ3n) is 6.74. The third kappa shape index (κ3) is 3.82.